The zero-order chi connectivity index (χ0) is 11.8. The van der Waals surface area contributed by atoms with Gasteiger partial charge in [0.1, 0.15) is 22.9 Å². The smallest absolute Gasteiger partial charge is 0.135 e. The summed E-state index contributed by atoms with van der Waals surface area (Å²) in [7, 11) is 1.64. The number of hydrogen-bond acceptors (Lipinski definition) is 4. The third kappa shape index (κ3) is 4.72. The number of anilines is 1. The van der Waals surface area contributed by atoms with Crippen LogP contribution in [0.5, 0.6) is 0 Å². The molecule has 0 atom stereocenters. The molecule has 0 fully saturated rings. The molecule has 0 bridgehead atoms. The molecule has 1 heterocycles. The summed E-state index contributed by atoms with van der Waals surface area (Å²) >= 11 is 5.08. The molecule has 1 aromatic rings. The Hall–Kier alpha value is -0.940. The van der Waals surface area contributed by atoms with Crippen LogP contribution in [0, 0.1) is 4.64 Å². The molecule has 0 aromatic carbocycles. The number of rotatable bonds is 7. The Bertz CT molecular complexity index is 364. The van der Waals surface area contributed by atoms with Gasteiger partial charge in [0.05, 0.1) is 0 Å². The highest BCUT2D eigenvalue weighted by Gasteiger charge is 1.98. The van der Waals surface area contributed by atoms with Gasteiger partial charge in [-0.3, -0.25) is 0 Å². The van der Waals surface area contributed by atoms with Gasteiger partial charge in [-0.05, 0) is 6.42 Å². The fourth-order valence-electron chi connectivity index (χ4n) is 1.41. The lowest BCUT2D eigenvalue weighted by Crippen LogP contribution is -2.06. The predicted octanol–water partition coefficient (Wildman–Crippen LogP) is 2.89. The lowest BCUT2D eigenvalue weighted by Gasteiger charge is -2.07. The molecule has 16 heavy (non-hydrogen) atoms. The summed E-state index contributed by atoms with van der Waals surface area (Å²) in [6.07, 6.45) is 3.63. The van der Waals surface area contributed by atoms with Crippen LogP contribution in [0.4, 0.5) is 5.82 Å². The van der Waals surface area contributed by atoms with Crippen molar-refractivity contribution in [1.82, 2.24) is 9.97 Å². The molecule has 0 amide bonds. The second-order valence-electron chi connectivity index (χ2n) is 3.65. The standard InChI is InChI=1S/C11H19N3OS/c1-3-4-5-6-12-9-7-11(16)14-10(13-9)8-15-2/h7H,3-6,8H2,1-2H3,(H2,12,13,14,16). The molecular formula is C11H19N3OS. The molecule has 4 nitrogen and oxygen atoms in total. The highest BCUT2D eigenvalue weighted by atomic mass is 32.1. The van der Waals surface area contributed by atoms with E-state index in [0.29, 0.717) is 11.2 Å². The van der Waals surface area contributed by atoms with Crippen LogP contribution in [-0.2, 0) is 11.3 Å². The van der Waals surface area contributed by atoms with E-state index in [1.165, 1.54) is 19.3 Å². The van der Waals surface area contributed by atoms with Crippen LogP contribution in [0.15, 0.2) is 6.07 Å². The average Bonchev–Trinajstić information content (AvgIpc) is 2.24. The Morgan fingerprint density at radius 1 is 1.50 bits per heavy atom. The number of aromatic nitrogens is 2. The van der Waals surface area contributed by atoms with Gasteiger partial charge >= 0.3 is 0 Å². The van der Waals surface area contributed by atoms with Crippen molar-refractivity contribution in [2.24, 2.45) is 0 Å². The topological polar surface area (TPSA) is 49.9 Å². The van der Waals surface area contributed by atoms with Crippen molar-refractivity contribution >= 4 is 18.0 Å². The Labute approximate surface area is 101 Å². The number of methoxy groups -OCH3 is 1. The minimum absolute atomic E-state index is 0.452. The Morgan fingerprint density at radius 3 is 3.00 bits per heavy atom. The van der Waals surface area contributed by atoms with E-state index in [1.807, 2.05) is 6.07 Å². The molecule has 0 aliphatic rings. The summed E-state index contributed by atoms with van der Waals surface area (Å²) in [4.78, 5) is 7.31. The number of H-pyrrole nitrogens is 1. The molecular weight excluding hydrogens is 222 g/mol. The molecule has 0 unspecified atom stereocenters. The van der Waals surface area contributed by atoms with Crippen molar-refractivity contribution in [3.05, 3.63) is 16.5 Å². The summed E-state index contributed by atoms with van der Waals surface area (Å²) in [6, 6.07) is 1.83. The van der Waals surface area contributed by atoms with Gasteiger partial charge < -0.3 is 15.0 Å². The first kappa shape index (κ1) is 13.1. The molecule has 0 radical (unpaired) electrons. The predicted molar refractivity (Wildman–Crippen MR) is 68.1 cm³/mol. The Morgan fingerprint density at radius 2 is 2.31 bits per heavy atom. The number of ether oxygens (including phenoxy) is 1. The lowest BCUT2D eigenvalue weighted by atomic mass is 10.2. The normalized spacial score (nSPS) is 10.4. The Balaban J connectivity index is 2.54. The number of aromatic amines is 1. The van der Waals surface area contributed by atoms with Crippen LogP contribution in [-0.4, -0.2) is 23.6 Å². The number of hydrogen-bond donors (Lipinski definition) is 2. The van der Waals surface area contributed by atoms with Crippen molar-refractivity contribution < 1.29 is 4.74 Å². The summed E-state index contributed by atoms with van der Waals surface area (Å²) in [5.74, 6) is 1.68. The SMILES string of the molecule is CCCCCNc1cc(=S)nc(COC)[nH]1. The van der Waals surface area contributed by atoms with Crippen LogP contribution < -0.4 is 5.32 Å². The van der Waals surface area contributed by atoms with Crippen LogP contribution >= 0.6 is 12.2 Å². The third-order valence-corrected chi connectivity index (χ3v) is 2.38. The fourth-order valence-corrected chi connectivity index (χ4v) is 1.63. The maximum atomic E-state index is 5.08. The van der Waals surface area contributed by atoms with Crippen molar-refractivity contribution in [2.45, 2.75) is 32.8 Å². The van der Waals surface area contributed by atoms with E-state index in [2.05, 4.69) is 22.2 Å². The molecule has 0 saturated carbocycles. The molecule has 0 aliphatic heterocycles. The van der Waals surface area contributed by atoms with E-state index < -0.39 is 0 Å². The van der Waals surface area contributed by atoms with Crippen LogP contribution in [0.3, 0.4) is 0 Å². The zero-order valence-electron chi connectivity index (χ0n) is 9.88. The van der Waals surface area contributed by atoms with Crippen LogP contribution in [0.25, 0.3) is 0 Å². The van der Waals surface area contributed by atoms with E-state index in [-0.39, 0.29) is 0 Å². The molecule has 2 N–H and O–H groups in total. The number of nitrogens with one attached hydrogen (secondary N) is 2. The molecule has 0 saturated heterocycles. The minimum Gasteiger partial charge on any atom is -0.377 e. The maximum Gasteiger partial charge on any atom is 0.135 e. The summed E-state index contributed by atoms with van der Waals surface area (Å²) < 4.78 is 5.60. The number of unbranched alkanes of at least 4 members (excludes halogenated alkanes) is 2. The van der Waals surface area contributed by atoms with Gasteiger partial charge in [0.2, 0.25) is 0 Å². The van der Waals surface area contributed by atoms with E-state index in [4.69, 9.17) is 17.0 Å². The molecule has 90 valence electrons. The summed E-state index contributed by atoms with van der Waals surface area (Å²) in [6.45, 7) is 3.60. The van der Waals surface area contributed by atoms with Crippen LogP contribution in [0.1, 0.15) is 32.0 Å². The first-order chi connectivity index (χ1) is 7.76. The van der Waals surface area contributed by atoms with Gasteiger partial charge in [-0.2, -0.15) is 0 Å². The highest BCUT2D eigenvalue weighted by molar-refractivity contribution is 7.71. The third-order valence-electron chi connectivity index (χ3n) is 2.17. The first-order valence-corrected chi connectivity index (χ1v) is 6.00. The van der Waals surface area contributed by atoms with E-state index in [1.54, 1.807) is 7.11 Å². The van der Waals surface area contributed by atoms with Crippen molar-refractivity contribution in [1.29, 1.82) is 0 Å². The largest absolute Gasteiger partial charge is 0.377 e. The molecule has 1 rings (SSSR count). The average molecular weight is 241 g/mol. The monoisotopic (exact) mass is 241 g/mol. The Kier molecular flexibility index (Phi) is 6.03. The van der Waals surface area contributed by atoms with E-state index in [0.717, 1.165) is 18.2 Å². The van der Waals surface area contributed by atoms with Crippen molar-refractivity contribution in [2.75, 3.05) is 19.0 Å². The van der Waals surface area contributed by atoms with Gasteiger partial charge in [0.25, 0.3) is 0 Å². The van der Waals surface area contributed by atoms with Gasteiger partial charge in [-0.25, -0.2) is 4.98 Å². The van der Waals surface area contributed by atoms with E-state index in [9.17, 15) is 0 Å². The maximum absolute atomic E-state index is 5.08. The quantitative estimate of drug-likeness (QED) is 0.569. The van der Waals surface area contributed by atoms with Crippen LogP contribution in [0.2, 0.25) is 0 Å². The minimum atomic E-state index is 0.452. The highest BCUT2D eigenvalue weighted by Crippen LogP contribution is 2.05. The first-order valence-electron chi connectivity index (χ1n) is 5.59. The second kappa shape index (κ2) is 7.35. The van der Waals surface area contributed by atoms with Gasteiger partial charge in [-0.1, -0.05) is 32.0 Å². The molecule has 1 aromatic heterocycles. The summed E-state index contributed by atoms with van der Waals surface area (Å²) in [5, 5.41) is 3.30. The fraction of sp³-hybridized carbons (Fsp3) is 0.636. The second-order valence-corrected chi connectivity index (χ2v) is 4.06. The molecule has 5 heteroatoms. The molecule has 0 spiro atoms. The summed E-state index contributed by atoms with van der Waals surface area (Å²) in [5.41, 5.74) is 0. The molecule has 0 aliphatic carbocycles. The lowest BCUT2D eigenvalue weighted by molar-refractivity contribution is 0.178. The van der Waals surface area contributed by atoms with Gasteiger partial charge in [0.15, 0.2) is 0 Å². The van der Waals surface area contributed by atoms with Gasteiger partial charge in [-0.15, -0.1) is 0 Å². The van der Waals surface area contributed by atoms with Crippen molar-refractivity contribution in [3.8, 4) is 0 Å². The van der Waals surface area contributed by atoms with E-state index >= 15 is 0 Å². The van der Waals surface area contributed by atoms with Crippen molar-refractivity contribution in [3.63, 3.8) is 0 Å². The van der Waals surface area contributed by atoms with Gasteiger partial charge in [0, 0.05) is 19.7 Å². The number of nitrogens with zero attached hydrogens (tertiary/aromatic N) is 1. The zero-order valence-corrected chi connectivity index (χ0v) is 10.7.